The maximum absolute atomic E-state index is 14.3. The summed E-state index contributed by atoms with van der Waals surface area (Å²) in [5, 5.41) is 5.22. The fourth-order valence-electron chi connectivity index (χ4n) is 3.77. The number of carbonyl (C=O) groups excluding carboxylic acids is 2. The molecule has 3 heterocycles. The van der Waals surface area contributed by atoms with Crippen molar-refractivity contribution in [2.24, 2.45) is 0 Å². The SMILES string of the molecule is CCOC(=O)CN(C(=O)Oc1cnc(-c2nn(Cc3ccccc3F)c3ncccc23)nc1N)C(C)CC. The van der Waals surface area contributed by atoms with E-state index in [9.17, 15) is 14.0 Å². The molecule has 2 N–H and O–H groups in total. The van der Waals surface area contributed by atoms with E-state index in [1.54, 1.807) is 55.1 Å². The lowest BCUT2D eigenvalue weighted by Gasteiger charge is -2.26. The topological polar surface area (TPSA) is 138 Å². The number of hydrogen-bond donors (Lipinski definition) is 1. The standard InChI is InChI=1S/C26H28FN7O4/c1-4-16(3)33(15-21(35)37-5-2)26(36)38-20-13-30-24(31-23(20)28)22-18-10-8-12-29-25(18)34(32-22)14-17-9-6-7-11-19(17)27/h6-13,16H,4-5,14-15H2,1-3H3,(H2,28,30,31). The van der Waals surface area contributed by atoms with Gasteiger partial charge < -0.3 is 15.2 Å². The van der Waals surface area contributed by atoms with E-state index in [4.69, 9.17) is 15.2 Å². The number of nitrogen functional groups attached to an aromatic ring is 1. The van der Waals surface area contributed by atoms with Crippen molar-refractivity contribution >= 4 is 28.9 Å². The first kappa shape index (κ1) is 26.5. The maximum atomic E-state index is 14.3. The zero-order chi connectivity index (χ0) is 27.2. The molecule has 0 aliphatic carbocycles. The van der Waals surface area contributed by atoms with E-state index in [-0.39, 0.29) is 48.9 Å². The molecule has 0 saturated heterocycles. The highest BCUT2D eigenvalue weighted by Crippen LogP contribution is 2.28. The van der Waals surface area contributed by atoms with Crippen LogP contribution in [-0.2, 0) is 16.1 Å². The third kappa shape index (κ3) is 5.69. The normalized spacial score (nSPS) is 11.8. The molecule has 0 fully saturated rings. The van der Waals surface area contributed by atoms with Crippen molar-refractivity contribution in [3.8, 4) is 17.3 Å². The lowest BCUT2D eigenvalue weighted by molar-refractivity contribution is -0.144. The van der Waals surface area contributed by atoms with Gasteiger partial charge in [0.25, 0.3) is 0 Å². The lowest BCUT2D eigenvalue weighted by Crippen LogP contribution is -2.44. The van der Waals surface area contributed by atoms with E-state index in [1.807, 2.05) is 6.92 Å². The second-order valence-electron chi connectivity index (χ2n) is 8.47. The molecule has 0 aliphatic rings. The van der Waals surface area contributed by atoms with Crippen LogP contribution in [0.2, 0.25) is 0 Å². The third-order valence-electron chi connectivity index (χ3n) is 5.94. The quantitative estimate of drug-likeness (QED) is 0.326. The first-order valence-electron chi connectivity index (χ1n) is 12.1. The van der Waals surface area contributed by atoms with Crippen LogP contribution in [0.1, 0.15) is 32.8 Å². The predicted octanol–water partition coefficient (Wildman–Crippen LogP) is 3.82. The van der Waals surface area contributed by atoms with Gasteiger partial charge in [0.1, 0.15) is 18.1 Å². The zero-order valence-electron chi connectivity index (χ0n) is 21.3. The summed E-state index contributed by atoms with van der Waals surface area (Å²) >= 11 is 0. The molecule has 1 amide bonds. The largest absolute Gasteiger partial charge is 0.465 e. The van der Waals surface area contributed by atoms with Gasteiger partial charge in [-0.05, 0) is 38.5 Å². The summed E-state index contributed by atoms with van der Waals surface area (Å²) in [6.07, 6.45) is 2.70. The number of aromatic nitrogens is 5. The second kappa shape index (κ2) is 11.6. The number of hydrogen-bond acceptors (Lipinski definition) is 9. The lowest BCUT2D eigenvalue weighted by atomic mass is 10.2. The van der Waals surface area contributed by atoms with Crippen LogP contribution in [0.25, 0.3) is 22.6 Å². The van der Waals surface area contributed by atoms with Crippen molar-refractivity contribution in [3.63, 3.8) is 0 Å². The number of rotatable bonds is 9. The minimum Gasteiger partial charge on any atom is -0.465 e. The molecule has 198 valence electrons. The number of ether oxygens (including phenoxy) is 2. The molecular formula is C26H28FN7O4. The molecule has 1 unspecified atom stereocenters. The van der Waals surface area contributed by atoms with Gasteiger partial charge in [-0.15, -0.1) is 0 Å². The Balaban J connectivity index is 1.61. The molecule has 4 rings (SSSR count). The smallest absolute Gasteiger partial charge is 0.416 e. The zero-order valence-corrected chi connectivity index (χ0v) is 21.3. The Hall–Kier alpha value is -4.61. The molecule has 3 aromatic heterocycles. The number of carbonyl (C=O) groups is 2. The second-order valence-corrected chi connectivity index (χ2v) is 8.47. The Bertz CT molecular complexity index is 1460. The third-order valence-corrected chi connectivity index (χ3v) is 5.94. The van der Waals surface area contributed by atoms with Gasteiger partial charge in [0.05, 0.1) is 24.7 Å². The van der Waals surface area contributed by atoms with Crippen molar-refractivity contribution in [2.45, 2.75) is 39.8 Å². The first-order valence-corrected chi connectivity index (χ1v) is 12.1. The first-order chi connectivity index (χ1) is 18.3. The molecule has 0 saturated carbocycles. The molecule has 11 nitrogen and oxygen atoms in total. The maximum Gasteiger partial charge on any atom is 0.416 e. The van der Waals surface area contributed by atoms with E-state index in [0.29, 0.717) is 28.7 Å². The van der Waals surface area contributed by atoms with Crippen LogP contribution < -0.4 is 10.5 Å². The Morgan fingerprint density at radius 2 is 1.95 bits per heavy atom. The molecule has 0 aliphatic heterocycles. The average molecular weight is 522 g/mol. The highest BCUT2D eigenvalue weighted by atomic mass is 19.1. The van der Waals surface area contributed by atoms with Crippen LogP contribution in [0, 0.1) is 5.82 Å². The van der Waals surface area contributed by atoms with E-state index in [0.717, 1.165) is 0 Å². The van der Waals surface area contributed by atoms with Crippen molar-refractivity contribution in [2.75, 3.05) is 18.9 Å². The summed E-state index contributed by atoms with van der Waals surface area (Å²) in [6, 6.07) is 9.68. The van der Waals surface area contributed by atoms with Crippen LogP contribution in [-0.4, -0.2) is 60.9 Å². The fraction of sp³-hybridized carbons (Fsp3) is 0.308. The highest BCUT2D eigenvalue weighted by molar-refractivity contribution is 5.89. The minimum absolute atomic E-state index is 0.0656. The van der Waals surface area contributed by atoms with Gasteiger partial charge in [0, 0.05) is 17.8 Å². The molecule has 0 spiro atoms. The molecule has 0 radical (unpaired) electrons. The summed E-state index contributed by atoms with van der Waals surface area (Å²) in [7, 11) is 0. The van der Waals surface area contributed by atoms with Crippen molar-refractivity contribution in [1.29, 1.82) is 0 Å². The summed E-state index contributed by atoms with van der Waals surface area (Å²) in [5.74, 6) is -0.878. The van der Waals surface area contributed by atoms with Crippen LogP contribution in [0.3, 0.4) is 0 Å². The molecule has 38 heavy (non-hydrogen) atoms. The average Bonchev–Trinajstić information content (AvgIpc) is 3.28. The molecule has 0 bridgehead atoms. The number of halogens is 1. The number of fused-ring (bicyclic) bond motifs is 1. The molecule has 1 aromatic carbocycles. The van der Waals surface area contributed by atoms with Crippen LogP contribution in [0.4, 0.5) is 15.0 Å². The predicted molar refractivity (Wildman–Crippen MR) is 138 cm³/mol. The van der Waals surface area contributed by atoms with E-state index < -0.39 is 12.1 Å². The number of benzene rings is 1. The molecular weight excluding hydrogens is 493 g/mol. The minimum atomic E-state index is -0.778. The molecule has 12 heteroatoms. The van der Waals surface area contributed by atoms with Gasteiger partial charge in [-0.3, -0.25) is 9.69 Å². The Morgan fingerprint density at radius 3 is 2.66 bits per heavy atom. The van der Waals surface area contributed by atoms with Gasteiger partial charge in [0.15, 0.2) is 23.0 Å². The highest BCUT2D eigenvalue weighted by Gasteiger charge is 2.26. The Morgan fingerprint density at radius 1 is 1.16 bits per heavy atom. The van der Waals surface area contributed by atoms with Gasteiger partial charge in [-0.2, -0.15) is 5.10 Å². The number of esters is 1. The number of nitrogens with zero attached hydrogens (tertiary/aromatic N) is 6. The van der Waals surface area contributed by atoms with Crippen molar-refractivity contribution in [1.82, 2.24) is 29.6 Å². The summed E-state index contributed by atoms with van der Waals surface area (Å²) < 4.78 is 26.2. The van der Waals surface area contributed by atoms with Crippen LogP contribution in [0.15, 0.2) is 48.8 Å². The van der Waals surface area contributed by atoms with E-state index in [2.05, 4.69) is 20.1 Å². The van der Waals surface area contributed by atoms with Crippen LogP contribution >= 0.6 is 0 Å². The van der Waals surface area contributed by atoms with Crippen LogP contribution in [0.5, 0.6) is 5.75 Å². The number of nitrogens with two attached hydrogens (primary N) is 1. The summed E-state index contributed by atoms with van der Waals surface area (Å²) in [5.41, 5.74) is 7.48. The summed E-state index contributed by atoms with van der Waals surface area (Å²) in [4.78, 5) is 39.1. The van der Waals surface area contributed by atoms with E-state index in [1.165, 1.54) is 17.2 Å². The number of anilines is 1. The monoisotopic (exact) mass is 521 g/mol. The van der Waals surface area contributed by atoms with E-state index >= 15 is 0 Å². The van der Waals surface area contributed by atoms with Gasteiger partial charge in [-0.1, -0.05) is 25.1 Å². The summed E-state index contributed by atoms with van der Waals surface area (Å²) in [6.45, 7) is 5.44. The van der Waals surface area contributed by atoms with Gasteiger partial charge in [0.2, 0.25) is 0 Å². The molecule has 4 aromatic rings. The van der Waals surface area contributed by atoms with Gasteiger partial charge in [-0.25, -0.2) is 28.8 Å². The Kier molecular flexibility index (Phi) is 8.09. The number of pyridine rings is 1. The Labute approximate surface area is 218 Å². The van der Waals surface area contributed by atoms with Crippen molar-refractivity contribution in [3.05, 3.63) is 60.2 Å². The van der Waals surface area contributed by atoms with Gasteiger partial charge >= 0.3 is 12.1 Å². The van der Waals surface area contributed by atoms with Crippen molar-refractivity contribution < 1.29 is 23.5 Å². The molecule has 1 atom stereocenters. The number of amides is 1. The fourth-order valence-corrected chi connectivity index (χ4v) is 3.77.